The van der Waals surface area contributed by atoms with Crippen LogP contribution in [0.2, 0.25) is 0 Å². The number of ketones is 1. The Bertz CT molecular complexity index is 182. The predicted molar refractivity (Wildman–Crippen MR) is 55.6 cm³/mol. The summed E-state index contributed by atoms with van der Waals surface area (Å²) in [5.74, 6) is 0.772. The Balaban J connectivity index is 2.38. The van der Waals surface area contributed by atoms with Gasteiger partial charge in [0.25, 0.3) is 0 Å². The third kappa shape index (κ3) is 4.25. The minimum atomic E-state index is 0.298. The van der Waals surface area contributed by atoms with Crippen molar-refractivity contribution in [3.8, 4) is 0 Å². The van der Waals surface area contributed by atoms with E-state index in [-0.39, 0.29) is 0 Å². The first-order valence-corrected chi connectivity index (χ1v) is 5.48. The van der Waals surface area contributed by atoms with Crippen molar-refractivity contribution in [2.75, 3.05) is 0 Å². The molecule has 0 saturated carbocycles. The van der Waals surface area contributed by atoms with Gasteiger partial charge in [0.05, 0.1) is 0 Å². The molecule has 0 aromatic rings. The van der Waals surface area contributed by atoms with Gasteiger partial charge in [0.1, 0.15) is 5.78 Å². The van der Waals surface area contributed by atoms with Crippen molar-refractivity contribution in [2.24, 2.45) is 5.92 Å². The Hall–Kier alpha value is -0.590. The number of rotatable bonds is 0. The third-order valence-corrected chi connectivity index (χ3v) is 2.77. The highest BCUT2D eigenvalue weighted by Crippen LogP contribution is 2.15. The molecule has 1 aliphatic rings. The molecule has 0 aromatic carbocycles. The summed E-state index contributed by atoms with van der Waals surface area (Å²) in [6.45, 7) is 2.07. The summed E-state index contributed by atoms with van der Waals surface area (Å²) in [5, 5.41) is 0. The average Bonchev–Trinajstić information content (AvgIpc) is 2.16. The first-order valence-electron chi connectivity index (χ1n) is 5.48. The van der Waals surface area contributed by atoms with Crippen molar-refractivity contribution in [1.82, 2.24) is 0 Å². The maximum absolute atomic E-state index is 11.5. The maximum atomic E-state index is 11.5. The van der Waals surface area contributed by atoms with E-state index in [1.165, 1.54) is 12.8 Å². The minimum absolute atomic E-state index is 0.298. The highest BCUT2D eigenvalue weighted by atomic mass is 16.1. The van der Waals surface area contributed by atoms with Crippen LogP contribution in [0.1, 0.15) is 51.9 Å². The van der Waals surface area contributed by atoms with E-state index in [0.717, 1.165) is 32.1 Å². The van der Waals surface area contributed by atoms with Gasteiger partial charge in [-0.15, -0.1) is 0 Å². The van der Waals surface area contributed by atoms with Gasteiger partial charge in [-0.2, -0.15) is 0 Å². The lowest BCUT2D eigenvalue weighted by atomic mass is 9.96. The molecule has 1 heteroatoms. The topological polar surface area (TPSA) is 17.1 Å². The van der Waals surface area contributed by atoms with Gasteiger partial charge in [0, 0.05) is 12.3 Å². The van der Waals surface area contributed by atoms with Gasteiger partial charge in [-0.25, -0.2) is 0 Å². The molecule has 0 aromatic heterocycles. The van der Waals surface area contributed by atoms with Crippen LogP contribution in [-0.2, 0) is 4.79 Å². The van der Waals surface area contributed by atoms with Crippen LogP contribution in [0.4, 0.5) is 0 Å². The number of Topliss-reactive ketones (excluding diaryl/α,β-unsaturated/α-hetero) is 1. The number of carbonyl (C=O) groups excluding carboxylic acids is 1. The van der Waals surface area contributed by atoms with Crippen molar-refractivity contribution in [2.45, 2.75) is 51.9 Å². The van der Waals surface area contributed by atoms with Gasteiger partial charge in [-0.05, 0) is 38.5 Å². The second-order valence-electron chi connectivity index (χ2n) is 4.02. The van der Waals surface area contributed by atoms with Crippen LogP contribution in [0.5, 0.6) is 0 Å². The second kappa shape index (κ2) is 5.95. The van der Waals surface area contributed by atoms with E-state index in [9.17, 15) is 4.79 Å². The summed E-state index contributed by atoms with van der Waals surface area (Å²) >= 11 is 0. The quantitative estimate of drug-likeness (QED) is 0.521. The number of hydrogen-bond acceptors (Lipinski definition) is 1. The molecule has 0 saturated heterocycles. The zero-order chi connectivity index (χ0) is 9.52. The Morgan fingerprint density at radius 3 is 2.62 bits per heavy atom. The summed E-state index contributed by atoms with van der Waals surface area (Å²) < 4.78 is 0. The number of carbonyl (C=O) groups is 1. The van der Waals surface area contributed by atoms with E-state index in [2.05, 4.69) is 19.1 Å². The number of hydrogen-bond donors (Lipinski definition) is 0. The smallest absolute Gasteiger partial charge is 0.135 e. The first-order chi connectivity index (χ1) is 6.30. The molecule has 0 amide bonds. The Kier molecular flexibility index (Phi) is 4.81. The van der Waals surface area contributed by atoms with Crippen molar-refractivity contribution in [3.05, 3.63) is 12.2 Å². The Morgan fingerprint density at radius 2 is 1.85 bits per heavy atom. The van der Waals surface area contributed by atoms with Crippen LogP contribution in [0.15, 0.2) is 12.2 Å². The normalized spacial score (nSPS) is 29.3. The second-order valence-corrected chi connectivity index (χ2v) is 4.02. The van der Waals surface area contributed by atoms with Gasteiger partial charge >= 0.3 is 0 Å². The van der Waals surface area contributed by atoms with E-state index >= 15 is 0 Å². The summed E-state index contributed by atoms with van der Waals surface area (Å²) in [6.07, 6.45) is 12.1. The summed E-state index contributed by atoms with van der Waals surface area (Å²) in [6, 6.07) is 0. The molecule has 1 atom stereocenters. The molecule has 1 aliphatic carbocycles. The summed E-state index contributed by atoms with van der Waals surface area (Å²) in [5.41, 5.74) is 0. The van der Waals surface area contributed by atoms with Gasteiger partial charge in [-0.3, -0.25) is 4.79 Å². The molecule has 1 unspecified atom stereocenters. The van der Waals surface area contributed by atoms with E-state index in [4.69, 9.17) is 0 Å². The van der Waals surface area contributed by atoms with Gasteiger partial charge in [0.2, 0.25) is 0 Å². The van der Waals surface area contributed by atoms with E-state index < -0.39 is 0 Å². The molecule has 0 N–H and O–H groups in total. The van der Waals surface area contributed by atoms with Crippen LogP contribution in [0, 0.1) is 5.92 Å². The standard InChI is InChI=1S/C12H20O/c1-11-9-7-5-3-2-4-6-8-10-12(11)13/h2-3,11H,4-10H2,1H3/b3-2-. The van der Waals surface area contributed by atoms with Crippen LogP contribution in [0.3, 0.4) is 0 Å². The molecule has 1 rings (SSSR count). The molecule has 1 nitrogen and oxygen atoms in total. The van der Waals surface area contributed by atoms with Gasteiger partial charge in [-0.1, -0.05) is 19.1 Å². The monoisotopic (exact) mass is 180 g/mol. The lowest BCUT2D eigenvalue weighted by Gasteiger charge is -2.08. The lowest BCUT2D eigenvalue weighted by molar-refractivity contribution is -0.122. The Morgan fingerprint density at radius 1 is 1.15 bits per heavy atom. The van der Waals surface area contributed by atoms with Gasteiger partial charge < -0.3 is 0 Å². The zero-order valence-corrected chi connectivity index (χ0v) is 8.59. The molecule has 0 fully saturated rings. The van der Waals surface area contributed by atoms with Crippen molar-refractivity contribution >= 4 is 5.78 Å². The fraction of sp³-hybridized carbons (Fsp3) is 0.750. The third-order valence-electron chi connectivity index (χ3n) is 2.77. The highest BCUT2D eigenvalue weighted by Gasteiger charge is 2.11. The van der Waals surface area contributed by atoms with Crippen LogP contribution in [-0.4, -0.2) is 5.78 Å². The molecule has 0 radical (unpaired) electrons. The molecule has 13 heavy (non-hydrogen) atoms. The average molecular weight is 180 g/mol. The Labute approximate surface area is 81.2 Å². The van der Waals surface area contributed by atoms with Gasteiger partial charge in [0.15, 0.2) is 0 Å². The molecule has 74 valence electrons. The molecular weight excluding hydrogens is 160 g/mol. The SMILES string of the molecule is CC1CCC/C=C\CCCCC1=O. The molecule has 0 heterocycles. The fourth-order valence-electron chi connectivity index (χ4n) is 1.75. The largest absolute Gasteiger partial charge is 0.299 e. The molecule has 0 bridgehead atoms. The minimum Gasteiger partial charge on any atom is -0.299 e. The lowest BCUT2D eigenvalue weighted by Crippen LogP contribution is -2.10. The van der Waals surface area contributed by atoms with Crippen LogP contribution in [0.25, 0.3) is 0 Å². The molecule has 0 spiro atoms. The molecular formula is C12H20O. The fourth-order valence-corrected chi connectivity index (χ4v) is 1.75. The molecule has 0 aliphatic heterocycles. The predicted octanol–water partition coefficient (Wildman–Crippen LogP) is 3.49. The summed E-state index contributed by atoms with van der Waals surface area (Å²) in [4.78, 5) is 11.5. The van der Waals surface area contributed by atoms with E-state index in [1.807, 2.05) is 0 Å². The van der Waals surface area contributed by atoms with Crippen LogP contribution < -0.4 is 0 Å². The number of allylic oxidation sites excluding steroid dienone is 2. The van der Waals surface area contributed by atoms with Crippen LogP contribution >= 0.6 is 0 Å². The maximum Gasteiger partial charge on any atom is 0.135 e. The van der Waals surface area contributed by atoms with Crippen molar-refractivity contribution in [3.63, 3.8) is 0 Å². The first kappa shape index (κ1) is 10.5. The zero-order valence-electron chi connectivity index (χ0n) is 8.59. The van der Waals surface area contributed by atoms with E-state index in [1.54, 1.807) is 0 Å². The highest BCUT2D eigenvalue weighted by molar-refractivity contribution is 5.80. The summed E-state index contributed by atoms with van der Waals surface area (Å²) in [7, 11) is 0. The van der Waals surface area contributed by atoms with Crippen molar-refractivity contribution in [1.29, 1.82) is 0 Å². The van der Waals surface area contributed by atoms with Crippen molar-refractivity contribution < 1.29 is 4.79 Å². The van der Waals surface area contributed by atoms with E-state index in [0.29, 0.717) is 11.7 Å².